The Morgan fingerprint density at radius 1 is 1.28 bits per heavy atom. The molecule has 96 valence electrons. The molecule has 0 aliphatic rings. The number of alkyl carbamates (subject to hydrolysis) is 1. The highest BCUT2D eigenvalue weighted by Gasteiger charge is 2.16. The van der Waals surface area contributed by atoms with E-state index in [9.17, 15) is 4.79 Å². The summed E-state index contributed by atoms with van der Waals surface area (Å²) in [5.74, 6) is 0. The fraction of sp³-hybridized carbons (Fsp3) is 0.500. The molecular formula is C14H20BNO2. The van der Waals surface area contributed by atoms with Gasteiger partial charge >= 0.3 is 6.09 Å². The number of hydrogen-bond donors (Lipinski definition) is 1. The Hall–Kier alpha value is -1.45. The standard InChI is InChI=1S/C14H20BNO2/c1-9-6-11(15)7-10(2)12(9)8-16-13(17)18-14(3,4)5/h6-7H,8H2,1-5H3,(H,16,17). The minimum absolute atomic E-state index is 0.405. The van der Waals surface area contributed by atoms with Crippen LogP contribution in [-0.4, -0.2) is 19.5 Å². The van der Waals surface area contributed by atoms with Crippen LogP contribution >= 0.6 is 0 Å². The Balaban J connectivity index is 2.67. The minimum atomic E-state index is -0.477. The van der Waals surface area contributed by atoms with E-state index in [4.69, 9.17) is 12.6 Å². The van der Waals surface area contributed by atoms with Crippen molar-refractivity contribution in [3.8, 4) is 0 Å². The molecule has 1 rings (SSSR count). The van der Waals surface area contributed by atoms with Gasteiger partial charge in [0.05, 0.1) is 0 Å². The van der Waals surface area contributed by atoms with Crippen LogP contribution in [0.5, 0.6) is 0 Å². The molecule has 0 aromatic heterocycles. The molecule has 0 aliphatic carbocycles. The molecule has 0 bridgehead atoms. The second kappa shape index (κ2) is 5.47. The quantitative estimate of drug-likeness (QED) is 0.810. The molecule has 4 heteroatoms. The van der Waals surface area contributed by atoms with Crippen LogP contribution in [0.15, 0.2) is 12.1 Å². The normalized spacial score (nSPS) is 11.2. The third kappa shape index (κ3) is 4.44. The van der Waals surface area contributed by atoms with Gasteiger partial charge in [0.25, 0.3) is 0 Å². The molecular weight excluding hydrogens is 225 g/mol. The summed E-state index contributed by atoms with van der Waals surface area (Å²) in [6, 6.07) is 3.80. The van der Waals surface area contributed by atoms with E-state index in [1.165, 1.54) is 0 Å². The number of hydrogen-bond acceptors (Lipinski definition) is 2. The zero-order chi connectivity index (χ0) is 13.9. The largest absolute Gasteiger partial charge is 0.444 e. The summed E-state index contributed by atoms with van der Waals surface area (Å²) < 4.78 is 5.19. The topological polar surface area (TPSA) is 38.3 Å². The first-order chi connectivity index (χ1) is 8.19. The summed E-state index contributed by atoms with van der Waals surface area (Å²) in [5, 5.41) is 2.75. The maximum Gasteiger partial charge on any atom is 0.407 e. The Labute approximate surface area is 110 Å². The number of nitrogens with one attached hydrogen (secondary N) is 1. The van der Waals surface area contributed by atoms with Gasteiger partial charge in [0, 0.05) is 6.54 Å². The predicted molar refractivity (Wildman–Crippen MR) is 74.4 cm³/mol. The molecule has 1 aromatic rings. The molecule has 0 atom stereocenters. The Bertz CT molecular complexity index is 427. The van der Waals surface area contributed by atoms with Crippen LogP contribution in [0.4, 0.5) is 4.79 Å². The molecule has 18 heavy (non-hydrogen) atoms. The van der Waals surface area contributed by atoms with Gasteiger partial charge in [0.15, 0.2) is 0 Å². The molecule has 0 spiro atoms. The molecule has 0 aliphatic heterocycles. The molecule has 1 aromatic carbocycles. The third-order valence-electron chi connectivity index (χ3n) is 2.53. The lowest BCUT2D eigenvalue weighted by atomic mass is 9.89. The number of carbonyl (C=O) groups is 1. The maximum absolute atomic E-state index is 11.6. The van der Waals surface area contributed by atoms with Crippen molar-refractivity contribution in [2.24, 2.45) is 0 Å². The van der Waals surface area contributed by atoms with Crippen molar-refractivity contribution >= 4 is 19.4 Å². The van der Waals surface area contributed by atoms with Crippen molar-refractivity contribution in [3.63, 3.8) is 0 Å². The van der Waals surface area contributed by atoms with E-state index < -0.39 is 11.7 Å². The van der Waals surface area contributed by atoms with Crippen LogP contribution in [0.3, 0.4) is 0 Å². The van der Waals surface area contributed by atoms with Crippen LogP contribution in [0, 0.1) is 13.8 Å². The smallest absolute Gasteiger partial charge is 0.407 e. The van der Waals surface area contributed by atoms with E-state index in [0.29, 0.717) is 6.54 Å². The summed E-state index contributed by atoms with van der Waals surface area (Å²) in [6.45, 7) is 9.93. The van der Waals surface area contributed by atoms with E-state index in [1.54, 1.807) is 0 Å². The van der Waals surface area contributed by atoms with Crippen LogP contribution < -0.4 is 10.8 Å². The number of rotatable bonds is 2. The van der Waals surface area contributed by atoms with Crippen LogP contribution in [0.2, 0.25) is 0 Å². The molecule has 0 saturated carbocycles. The monoisotopic (exact) mass is 245 g/mol. The molecule has 0 saturated heterocycles. The highest BCUT2D eigenvalue weighted by atomic mass is 16.6. The van der Waals surface area contributed by atoms with Gasteiger partial charge in [-0.1, -0.05) is 17.6 Å². The number of carbonyl (C=O) groups excluding carboxylic acids is 1. The predicted octanol–water partition coefficient (Wildman–Crippen LogP) is 2.12. The van der Waals surface area contributed by atoms with Gasteiger partial charge < -0.3 is 10.1 Å². The summed E-state index contributed by atoms with van der Waals surface area (Å²) in [7, 11) is 5.76. The summed E-state index contributed by atoms with van der Waals surface area (Å²) in [5.41, 5.74) is 3.49. The number of benzene rings is 1. The third-order valence-corrected chi connectivity index (χ3v) is 2.53. The van der Waals surface area contributed by atoms with E-state index in [1.807, 2.05) is 46.8 Å². The SMILES string of the molecule is [B]c1cc(C)c(CNC(=O)OC(C)(C)C)c(C)c1. The lowest BCUT2D eigenvalue weighted by Crippen LogP contribution is -2.32. The average molecular weight is 245 g/mol. The molecule has 2 radical (unpaired) electrons. The molecule has 0 heterocycles. The van der Waals surface area contributed by atoms with Gasteiger partial charge in [0.1, 0.15) is 13.4 Å². The highest BCUT2D eigenvalue weighted by Crippen LogP contribution is 2.12. The first-order valence-corrected chi connectivity index (χ1v) is 6.01. The lowest BCUT2D eigenvalue weighted by molar-refractivity contribution is 0.0523. The van der Waals surface area contributed by atoms with E-state index in [2.05, 4.69) is 5.32 Å². The van der Waals surface area contributed by atoms with Crippen molar-refractivity contribution in [2.45, 2.75) is 46.8 Å². The van der Waals surface area contributed by atoms with Crippen LogP contribution in [0.25, 0.3) is 0 Å². The molecule has 0 unspecified atom stereocenters. The molecule has 0 fully saturated rings. The first kappa shape index (κ1) is 14.6. The number of aryl methyl sites for hydroxylation is 2. The summed E-state index contributed by atoms with van der Waals surface area (Å²) >= 11 is 0. The summed E-state index contributed by atoms with van der Waals surface area (Å²) in [4.78, 5) is 11.6. The molecule has 1 amide bonds. The fourth-order valence-electron chi connectivity index (χ4n) is 1.78. The minimum Gasteiger partial charge on any atom is -0.444 e. The van der Waals surface area contributed by atoms with Crippen molar-refractivity contribution < 1.29 is 9.53 Å². The van der Waals surface area contributed by atoms with Gasteiger partial charge in [-0.05, 0) is 51.3 Å². The second-order valence-electron chi connectivity index (χ2n) is 5.49. The zero-order valence-electron chi connectivity index (χ0n) is 11.8. The van der Waals surface area contributed by atoms with Crippen molar-refractivity contribution in [2.75, 3.05) is 0 Å². The van der Waals surface area contributed by atoms with E-state index in [-0.39, 0.29) is 0 Å². The van der Waals surface area contributed by atoms with E-state index in [0.717, 1.165) is 22.2 Å². The second-order valence-corrected chi connectivity index (χ2v) is 5.49. The van der Waals surface area contributed by atoms with Crippen molar-refractivity contribution in [1.29, 1.82) is 0 Å². The van der Waals surface area contributed by atoms with Crippen LogP contribution in [-0.2, 0) is 11.3 Å². The fourth-order valence-corrected chi connectivity index (χ4v) is 1.78. The molecule has 3 nitrogen and oxygen atoms in total. The van der Waals surface area contributed by atoms with Gasteiger partial charge in [-0.2, -0.15) is 0 Å². The van der Waals surface area contributed by atoms with Crippen molar-refractivity contribution in [3.05, 3.63) is 28.8 Å². The Morgan fingerprint density at radius 2 is 1.78 bits per heavy atom. The molecule has 1 N–H and O–H groups in total. The van der Waals surface area contributed by atoms with Gasteiger partial charge in [-0.15, -0.1) is 0 Å². The lowest BCUT2D eigenvalue weighted by Gasteiger charge is -2.20. The highest BCUT2D eigenvalue weighted by molar-refractivity contribution is 6.32. The number of ether oxygens (including phenoxy) is 1. The zero-order valence-corrected chi connectivity index (χ0v) is 11.8. The number of amides is 1. The Morgan fingerprint density at radius 3 is 2.22 bits per heavy atom. The maximum atomic E-state index is 11.6. The first-order valence-electron chi connectivity index (χ1n) is 6.01. The summed E-state index contributed by atoms with van der Waals surface area (Å²) in [6.07, 6.45) is -0.405. The van der Waals surface area contributed by atoms with Gasteiger partial charge in [-0.3, -0.25) is 0 Å². The van der Waals surface area contributed by atoms with E-state index >= 15 is 0 Å². The van der Waals surface area contributed by atoms with Gasteiger partial charge in [0.2, 0.25) is 0 Å². The van der Waals surface area contributed by atoms with Gasteiger partial charge in [-0.25, -0.2) is 4.79 Å². The van der Waals surface area contributed by atoms with Crippen LogP contribution in [0.1, 0.15) is 37.5 Å². The Kier molecular flexibility index (Phi) is 4.44. The van der Waals surface area contributed by atoms with Crippen molar-refractivity contribution in [1.82, 2.24) is 5.32 Å². The average Bonchev–Trinajstić information content (AvgIpc) is 2.12.